The first-order chi connectivity index (χ1) is 13.6. The molecular formula is C21H20N2O5. The Labute approximate surface area is 162 Å². The third-order valence-corrected chi connectivity index (χ3v) is 3.66. The van der Waals surface area contributed by atoms with Crippen LogP contribution in [-0.4, -0.2) is 25.0 Å². The van der Waals surface area contributed by atoms with Gasteiger partial charge in [0.15, 0.2) is 5.76 Å². The second kappa shape index (κ2) is 9.27. The van der Waals surface area contributed by atoms with Gasteiger partial charge in [0.25, 0.3) is 5.91 Å². The van der Waals surface area contributed by atoms with Gasteiger partial charge in [-0.25, -0.2) is 0 Å². The highest BCUT2D eigenvalue weighted by atomic mass is 16.5. The molecule has 2 amide bonds. The van der Waals surface area contributed by atoms with Crippen LogP contribution in [0.15, 0.2) is 71.3 Å². The summed E-state index contributed by atoms with van der Waals surface area (Å²) < 4.78 is 16.1. The van der Waals surface area contributed by atoms with Crippen molar-refractivity contribution in [2.45, 2.75) is 6.92 Å². The third-order valence-electron chi connectivity index (χ3n) is 3.66. The Bertz CT molecular complexity index is 903. The van der Waals surface area contributed by atoms with Crippen molar-refractivity contribution >= 4 is 17.5 Å². The molecule has 0 bridgehead atoms. The van der Waals surface area contributed by atoms with Gasteiger partial charge < -0.3 is 24.5 Å². The van der Waals surface area contributed by atoms with Crippen LogP contribution < -0.4 is 20.1 Å². The van der Waals surface area contributed by atoms with Crippen molar-refractivity contribution < 1.29 is 23.5 Å². The average Bonchev–Trinajstić information content (AvgIpc) is 3.24. The number of nitrogens with one attached hydrogen (secondary N) is 2. The van der Waals surface area contributed by atoms with Gasteiger partial charge in [-0.2, -0.15) is 0 Å². The fraction of sp³-hybridized carbons (Fsp3) is 0.143. The number of hydrogen-bond donors (Lipinski definition) is 2. The Morgan fingerprint density at radius 2 is 1.57 bits per heavy atom. The first-order valence-corrected chi connectivity index (χ1v) is 8.76. The lowest BCUT2D eigenvalue weighted by Crippen LogP contribution is -2.32. The predicted molar refractivity (Wildman–Crippen MR) is 104 cm³/mol. The lowest BCUT2D eigenvalue weighted by molar-refractivity contribution is -0.115. The summed E-state index contributed by atoms with van der Waals surface area (Å²) in [5.74, 6) is 1.46. The third kappa shape index (κ3) is 5.38. The van der Waals surface area contributed by atoms with E-state index in [1.165, 1.54) is 12.3 Å². The maximum Gasteiger partial charge on any atom is 0.287 e. The molecule has 0 aliphatic carbocycles. The van der Waals surface area contributed by atoms with Gasteiger partial charge in [0.2, 0.25) is 5.91 Å². The Kier molecular flexibility index (Phi) is 6.30. The van der Waals surface area contributed by atoms with E-state index in [9.17, 15) is 9.59 Å². The van der Waals surface area contributed by atoms with E-state index >= 15 is 0 Å². The van der Waals surface area contributed by atoms with Gasteiger partial charge in [-0.1, -0.05) is 0 Å². The molecule has 1 aromatic heterocycles. The average molecular weight is 380 g/mol. The zero-order valence-electron chi connectivity index (χ0n) is 15.3. The van der Waals surface area contributed by atoms with E-state index in [0.29, 0.717) is 23.8 Å². The number of hydrogen-bond acceptors (Lipinski definition) is 5. The van der Waals surface area contributed by atoms with Crippen LogP contribution in [0.3, 0.4) is 0 Å². The molecule has 3 rings (SSSR count). The van der Waals surface area contributed by atoms with E-state index < -0.39 is 5.91 Å². The van der Waals surface area contributed by atoms with Crippen LogP contribution >= 0.6 is 0 Å². The molecule has 7 heteroatoms. The van der Waals surface area contributed by atoms with Crippen LogP contribution in [0.1, 0.15) is 17.5 Å². The van der Waals surface area contributed by atoms with Crippen LogP contribution in [-0.2, 0) is 4.79 Å². The van der Waals surface area contributed by atoms with Gasteiger partial charge in [0.05, 0.1) is 19.4 Å². The fourth-order valence-electron chi connectivity index (χ4n) is 2.37. The van der Waals surface area contributed by atoms with Gasteiger partial charge in [0, 0.05) is 5.69 Å². The van der Waals surface area contributed by atoms with Crippen LogP contribution in [0, 0.1) is 0 Å². The Morgan fingerprint density at radius 1 is 0.929 bits per heavy atom. The van der Waals surface area contributed by atoms with Gasteiger partial charge in [-0.05, 0) is 67.6 Å². The second-order valence-electron chi connectivity index (χ2n) is 5.74. The molecule has 144 valence electrons. The maximum atomic E-state index is 11.9. The van der Waals surface area contributed by atoms with E-state index in [4.69, 9.17) is 13.9 Å². The molecule has 0 saturated heterocycles. The van der Waals surface area contributed by atoms with Crippen LogP contribution in [0.4, 0.5) is 5.69 Å². The largest absolute Gasteiger partial charge is 0.494 e. The van der Waals surface area contributed by atoms with Crippen molar-refractivity contribution in [3.8, 4) is 17.2 Å². The molecule has 3 aromatic rings. The smallest absolute Gasteiger partial charge is 0.287 e. The molecule has 0 fully saturated rings. The Balaban J connectivity index is 1.48. The Hall–Kier alpha value is -3.74. The minimum Gasteiger partial charge on any atom is -0.494 e. The van der Waals surface area contributed by atoms with Gasteiger partial charge in [-0.3, -0.25) is 9.59 Å². The monoisotopic (exact) mass is 380 g/mol. The summed E-state index contributed by atoms with van der Waals surface area (Å²) in [4.78, 5) is 23.7. The van der Waals surface area contributed by atoms with Crippen molar-refractivity contribution in [1.29, 1.82) is 0 Å². The molecule has 2 aromatic carbocycles. The normalized spacial score (nSPS) is 10.2. The van der Waals surface area contributed by atoms with E-state index in [1.54, 1.807) is 30.3 Å². The highest BCUT2D eigenvalue weighted by Crippen LogP contribution is 2.25. The van der Waals surface area contributed by atoms with Crippen molar-refractivity contribution in [2.75, 3.05) is 18.5 Å². The number of ether oxygens (including phenoxy) is 2. The highest BCUT2D eigenvalue weighted by molar-refractivity contribution is 5.98. The van der Waals surface area contributed by atoms with Crippen molar-refractivity contribution in [3.63, 3.8) is 0 Å². The summed E-state index contributed by atoms with van der Waals surface area (Å²) >= 11 is 0. The quantitative estimate of drug-likeness (QED) is 0.620. The predicted octanol–water partition coefficient (Wildman–Crippen LogP) is 3.84. The number of anilines is 1. The number of rotatable bonds is 8. The minimum atomic E-state index is -0.445. The zero-order chi connectivity index (χ0) is 19.8. The highest BCUT2D eigenvalue weighted by Gasteiger charge is 2.10. The van der Waals surface area contributed by atoms with Gasteiger partial charge in [-0.15, -0.1) is 0 Å². The lowest BCUT2D eigenvalue weighted by atomic mass is 10.3. The van der Waals surface area contributed by atoms with Gasteiger partial charge >= 0.3 is 0 Å². The van der Waals surface area contributed by atoms with Crippen molar-refractivity contribution in [3.05, 3.63) is 72.7 Å². The molecule has 0 aliphatic heterocycles. The molecule has 2 N–H and O–H groups in total. The molecule has 0 saturated carbocycles. The molecule has 0 radical (unpaired) electrons. The summed E-state index contributed by atoms with van der Waals surface area (Å²) in [5, 5.41) is 5.18. The lowest BCUT2D eigenvalue weighted by Gasteiger charge is -2.09. The number of amides is 2. The van der Waals surface area contributed by atoms with E-state index in [2.05, 4.69) is 10.6 Å². The van der Waals surface area contributed by atoms with Crippen LogP contribution in [0.5, 0.6) is 17.2 Å². The molecule has 0 spiro atoms. The van der Waals surface area contributed by atoms with Gasteiger partial charge in [0.1, 0.15) is 17.2 Å². The first-order valence-electron chi connectivity index (χ1n) is 8.76. The molecule has 0 unspecified atom stereocenters. The molecule has 28 heavy (non-hydrogen) atoms. The summed E-state index contributed by atoms with van der Waals surface area (Å²) in [5.41, 5.74) is 0.594. The van der Waals surface area contributed by atoms with Crippen LogP contribution in [0.2, 0.25) is 0 Å². The number of benzene rings is 2. The van der Waals surface area contributed by atoms with Crippen molar-refractivity contribution in [2.24, 2.45) is 0 Å². The van der Waals surface area contributed by atoms with Crippen LogP contribution in [0.25, 0.3) is 0 Å². The zero-order valence-corrected chi connectivity index (χ0v) is 15.3. The SMILES string of the molecule is CCOc1ccc(Oc2ccc(NC(=O)CNC(=O)c3ccco3)cc2)cc1. The van der Waals surface area contributed by atoms with Crippen molar-refractivity contribution in [1.82, 2.24) is 5.32 Å². The summed E-state index contributed by atoms with van der Waals surface area (Å²) in [6.07, 6.45) is 1.39. The number of furan rings is 1. The first kappa shape index (κ1) is 19.0. The molecule has 0 atom stereocenters. The number of carbonyl (C=O) groups is 2. The topological polar surface area (TPSA) is 89.8 Å². The van der Waals surface area contributed by atoms with E-state index in [0.717, 1.165) is 5.75 Å². The van der Waals surface area contributed by atoms with E-state index in [-0.39, 0.29) is 18.2 Å². The maximum absolute atomic E-state index is 11.9. The molecule has 1 heterocycles. The Morgan fingerprint density at radius 3 is 2.18 bits per heavy atom. The number of carbonyl (C=O) groups excluding carboxylic acids is 2. The molecule has 7 nitrogen and oxygen atoms in total. The molecule has 0 aliphatic rings. The second-order valence-corrected chi connectivity index (χ2v) is 5.74. The fourth-order valence-corrected chi connectivity index (χ4v) is 2.37. The molecular weight excluding hydrogens is 360 g/mol. The summed E-state index contributed by atoms with van der Waals surface area (Å²) in [6.45, 7) is 2.38. The summed E-state index contributed by atoms with van der Waals surface area (Å²) in [6, 6.07) is 17.4. The van der Waals surface area contributed by atoms with E-state index in [1.807, 2.05) is 31.2 Å². The standard InChI is InChI=1S/C21H20N2O5/c1-2-26-16-9-11-18(12-10-16)28-17-7-5-15(6-8-17)23-20(24)14-22-21(25)19-4-3-13-27-19/h3-13H,2,14H2,1H3,(H,22,25)(H,23,24). The summed E-state index contributed by atoms with van der Waals surface area (Å²) in [7, 11) is 0. The minimum absolute atomic E-state index is 0.156.